The van der Waals surface area contributed by atoms with Crippen LogP contribution < -0.4 is 0 Å². The normalized spacial score (nSPS) is 34.4. The number of sulfone groups is 1. The SMILES string of the molecule is CC(C)OC(=O)N1[C@H](C)C[C@H](S(C)(=O)=O)[C@H]1COC1CCC2(c3ncc(Cl)cn3)CC2C1. The number of hydrogen-bond donors (Lipinski definition) is 0. The lowest BCUT2D eigenvalue weighted by atomic mass is 9.86. The molecule has 2 heterocycles. The Morgan fingerprint density at radius 1 is 1.31 bits per heavy atom. The van der Waals surface area contributed by atoms with Gasteiger partial charge in [-0.05, 0) is 58.8 Å². The highest BCUT2D eigenvalue weighted by Crippen LogP contribution is 2.61. The minimum atomic E-state index is -3.34. The van der Waals surface area contributed by atoms with Crippen molar-refractivity contribution in [2.24, 2.45) is 5.92 Å². The van der Waals surface area contributed by atoms with Gasteiger partial charge >= 0.3 is 6.09 Å². The van der Waals surface area contributed by atoms with Crippen LogP contribution in [0.25, 0.3) is 0 Å². The van der Waals surface area contributed by atoms with Crippen molar-refractivity contribution in [1.82, 2.24) is 14.9 Å². The molecule has 10 heteroatoms. The van der Waals surface area contributed by atoms with Crippen molar-refractivity contribution in [1.29, 1.82) is 0 Å². The Hall–Kier alpha value is -1.45. The predicted octanol–water partition coefficient (Wildman–Crippen LogP) is 3.38. The molecule has 0 spiro atoms. The smallest absolute Gasteiger partial charge is 0.410 e. The van der Waals surface area contributed by atoms with Gasteiger partial charge in [0.15, 0.2) is 9.84 Å². The van der Waals surface area contributed by atoms with E-state index >= 15 is 0 Å². The lowest BCUT2D eigenvalue weighted by Gasteiger charge is -2.33. The van der Waals surface area contributed by atoms with E-state index in [9.17, 15) is 13.2 Å². The molecule has 0 bridgehead atoms. The number of rotatable bonds is 6. The highest BCUT2D eigenvalue weighted by molar-refractivity contribution is 7.91. The van der Waals surface area contributed by atoms with E-state index in [-0.39, 0.29) is 30.3 Å². The Labute approximate surface area is 194 Å². The van der Waals surface area contributed by atoms with Gasteiger partial charge in [0.2, 0.25) is 0 Å². The summed E-state index contributed by atoms with van der Waals surface area (Å²) in [6.07, 6.45) is 7.91. The largest absolute Gasteiger partial charge is 0.447 e. The highest BCUT2D eigenvalue weighted by atomic mass is 35.5. The van der Waals surface area contributed by atoms with Gasteiger partial charge in [-0.1, -0.05) is 11.6 Å². The standard InChI is InChI=1S/C22H32ClN3O5S/c1-13(2)31-21(27)26-14(3)7-19(32(4,28)29)18(26)12-30-17-5-6-22(9-15(22)8-17)20-24-10-16(23)11-25-20/h10-11,13-15,17-19H,5-9,12H2,1-4H3/t14-,15?,17?,18-,19+,22?/m1/s1. The summed E-state index contributed by atoms with van der Waals surface area (Å²) in [7, 11) is -3.34. The van der Waals surface area contributed by atoms with E-state index < -0.39 is 27.2 Å². The summed E-state index contributed by atoms with van der Waals surface area (Å²) >= 11 is 5.93. The third-order valence-electron chi connectivity index (χ3n) is 7.19. The average molecular weight is 486 g/mol. The number of nitrogens with zero attached hydrogens (tertiary/aromatic N) is 3. The number of ether oxygens (including phenoxy) is 2. The van der Waals surface area contributed by atoms with Crippen molar-refractivity contribution >= 4 is 27.5 Å². The Morgan fingerprint density at radius 2 is 2.00 bits per heavy atom. The first-order valence-electron chi connectivity index (χ1n) is 11.3. The first-order chi connectivity index (χ1) is 15.0. The van der Waals surface area contributed by atoms with Gasteiger partial charge < -0.3 is 9.47 Å². The Morgan fingerprint density at radius 3 is 2.59 bits per heavy atom. The molecule has 0 radical (unpaired) electrons. The number of fused-ring (bicyclic) bond motifs is 1. The van der Waals surface area contributed by atoms with E-state index in [1.165, 1.54) is 6.26 Å². The van der Waals surface area contributed by atoms with E-state index in [4.69, 9.17) is 21.1 Å². The number of amides is 1. The van der Waals surface area contributed by atoms with Crippen molar-refractivity contribution in [3.63, 3.8) is 0 Å². The molecule has 0 N–H and O–H groups in total. The van der Waals surface area contributed by atoms with Gasteiger partial charge in [-0.15, -0.1) is 0 Å². The van der Waals surface area contributed by atoms with Crippen LogP contribution in [0.1, 0.15) is 58.7 Å². The fraction of sp³-hybridized carbons (Fsp3) is 0.773. The van der Waals surface area contributed by atoms with Crippen LogP contribution in [-0.4, -0.2) is 71.8 Å². The maximum Gasteiger partial charge on any atom is 0.410 e. The number of aromatic nitrogens is 2. The lowest BCUT2D eigenvalue weighted by Crippen LogP contribution is -2.48. The van der Waals surface area contributed by atoms with Crippen molar-refractivity contribution in [2.45, 2.75) is 87.8 Å². The number of halogens is 1. The third kappa shape index (κ3) is 4.61. The van der Waals surface area contributed by atoms with E-state index in [0.717, 1.165) is 31.5 Å². The van der Waals surface area contributed by atoms with Gasteiger partial charge in [0.05, 0.1) is 35.1 Å². The van der Waals surface area contributed by atoms with Gasteiger partial charge in [-0.2, -0.15) is 0 Å². The lowest BCUT2D eigenvalue weighted by molar-refractivity contribution is -0.0115. The zero-order valence-electron chi connectivity index (χ0n) is 19.0. The molecule has 3 aliphatic rings. The molecule has 1 aliphatic heterocycles. The van der Waals surface area contributed by atoms with Crippen LogP contribution >= 0.6 is 11.6 Å². The fourth-order valence-electron chi connectivity index (χ4n) is 5.53. The molecule has 1 aromatic rings. The molecule has 4 rings (SSSR count). The van der Waals surface area contributed by atoms with Gasteiger partial charge in [-0.3, -0.25) is 4.90 Å². The zero-order chi connectivity index (χ0) is 23.3. The van der Waals surface area contributed by atoms with E-state index in [2.05, 4.69) is 9.97 Å². The van der Waals surface area contributed by atoms with Gasteiger partial charge in [0.1, 0.15) is 5.82 Å². The second-order valence-corrected chi connectivity index (χ2v) is 12.6. The number of carbonyl (C=O) groups excluding carboxylic acids is 1. The zero-order valence-corrected chi connectivity index (χ0v) is 20.6. The first-order valence-corrected chi connectivity index (χ1v) is 13.6. The molecule has 3 unspecified atom stereocenters. The summed E-state index contributed by atoms with van der Waals surface area (Å²) < 4.78 is 36.6. The molecule has 0 aromatic carbocycles. The van der Waals surface area contributed by atoms with E-state index in [0.29, 0.717) is 17.4 Å². The molecule has 3 fully saturated rings. The van der Waals surface area contributed by atoms with Crippen molar-refractivity contribution < 1.29 is 22.7 Å². The molecule has 2 aliphatic carbocycles. The molecular weight excluding hydrogens is 454 g/mol. The minimum absolute atomic E-state index is 0.0225. The first kappa shape index (κ1) is 23.7. The van der Waals surface area contributed by atoms with Crippen molar-refractivity contribution in [2.75, 3.05) is 12.9 Å². The maximum absolute atomic E-state index is 12.7. The molecule has 1 saturated heterocycles. The van der Waals surface area contributed by atoms with Crippen LogP contribution in [-0.2, 0) is 24.7 Å². The van der Waals surface area contributed by atoms with Crippen LogP contribution in [0.3, 0.4) is 0 Å². The molecule has 1 amide bonds. The second kappa shape index (κ2) is 8.72. The summed E-state index contributed by atoms with van der Waals surface area (Å²) in [6.45, 7) is 5.63. The monoisotopic (exact) mass is 485 g/mol. The second-order valence-electron chi connectivity index (χ2n) is 9.87. The predicted molar refractivity (Wildman–Crippen MR) is 120 cm³/mol. The molecule has 178 valence electrons. The van der Waals surface area contributed by atoms with Crippen molar-refractivity contribution in [3.05, 3.63) is 23.2 Å². The average Bonchev–Trinajstić information content (AvgIpc) is 3.33. The van der Waals surface area contributed by atoms with Crippen LogP contribution in [0.2, 0.25) is 5.02 Å². The van der Waals surface area contributed by atoms with Crippen LogP contribution in [0, 0.1) is 5.92 Å². The minimum Gasteiger partial charge on any atom is -0.447 e. The summed E-state index contributed by atoms with van der Waals surface area (Å²) in [4.78, 5) is 23.2. The van der Waals surface area contributed by atoms with Crippen molar-refractivity contribution in [3.8, 4) is 0 Å². The summed E-state index contributed by atoms with van der Waals surface area (Å²) in [5.41, 5.74) is 0.0225. The van der Waals surface area contributed by atoms with Gasteiger partial charge in [0, 0.05) is 30.1 Å². The van der Waals surface area contributed by atoms with Crippen LogP contribution in [0.15, 0.2) is 12.4 Å². The van der Waals surface area contributed by atoms with Gasteiger partial charge in [-0.25, -0.2) is 23.2 Å². The third-order valence-corrected chi connectivity index (χ3v) is 8.99. The molecule has 2 saturated carbocycles. The molecule has 32 heavy (non-hydrogen) atoms. The van der Waals surface area contributed by atoms with E-state index in [1.54, 1.807) is 31.1 Å². The summed E-state index contributed by atoms with van der Waals surface area (Å²) in [6, 6.07) is -0.768. The molecule has 8 nitrogen and oxygen atoms in total. The molecular formula is C22H32ClN3O5S. The topological polar surface area (TPSA) is 98.7 Å². The van der Waals surface area contributed by atoms with Crippen LogP contribution in [0.4, 0.5) is 4.79 Å². The number of hydrogen-bond acceptors (Lipinski definition) is 7. The molecule has 1 aromatic heterocycles. The molecule has 6 atom stereocenters. The number of carbonyl (C=O) groups is 1. The Kier molecular flexibility index (Phi) is 6.46. The van der Waals surface area contributed by atoms with E-state index in [1.807, 2.05) is 6.92 Å². The Bertz CT molecular complexity index is 957. The highest BCUT2D eigenvalue weighted by Gasteiger charge is 2.60. The Balaban J connectivity index is 1.41. The quantitative estimate of drug-likeness (QED) is 0.609. The maximum atomic E-state index is 12.7. The fourth-order valence-corrected chi connectivity index (χ4v) is 7.04. The van der Waals surface area contributed by atoms with Gasteiger partial charge in [0.25, 0.3) is 0 Å². The van der Waals surface area contributed by atoms with Crippen LogP contribution in [0.5, 0.6) is 0 Å². The summed E-state index contributed by atoms with van der Waals surface area (Å²) in [5, 5.41) is -0.116. The summed E-state index contributed by atoms with van der Waals surface area (Å²) in [5.74, 6) is 1.31. The number of likely N-dealkylation sites (tertiary alicyclic amines) is 1.